The number of hydrogen-bond donors (Lipinski definition) is 1. The Bertz CT molecular complexity index is 899. The average Bonchev–Trinajstić information content (AvgIpc) is 2.93. The predicted molar refractivity (Wildman–Crippen MR) is 108 cm³/mol. The molecule has 2 heterocycles. The monoisotopic (exact) mass is 378 g/mol. The zero-order valence-electron chi connectivity index (χ0n) is 16.7. The molecule has 0 bridgehead atoms. The highest BCUT2D eigenvalue weighted by Crippen LogP contribution is 2.40. The number of ketones is 1. The number of amides is 1. The highest BCUT2D eigenvalue weighted by Gasteiger charge is 2.44. The van der Waals surface area contributed by atoms with Crippen molar-refractivity contribution < 1.29 is 14.7 Å². The van der Waals surface area contributed by atoms with Crippen LogP contribution in [0, 0.1) is 5.92 Å². The van der Waals surface area contributed by atoms with Gasteiger partial charge in [-0.2, -0.15) is 0 Å². The molecule has 0 saturated heterocycles. The Balaban J connectivity index is 2.06. The third-order valence-electron chi connectivity index (χ3n) is 5.07. The number of benzene rings is 1. The van der Waals surface area contributed by atoms with Gasteiger partial charge in [-0.05, 0) is 29.2 Å². The number of hydrogen-bond acceptors (Lipinski definition) is 4. The second-order valence-electron chi connectivity index (χ2n) is 7.76. The molecule has 1 aliphatic rings. The summed E-state index contributed by atoms with van der Waals surface area (Å²) < 4.78 is 0. The quantitative estimate of drug-likeness (QED) is 0.812. The summed E-state index contributed by atoms with van der Waals surface area (Å²) in [7, 11) is 0. The van der Waals surface area contributed by atoms with Gasteiger partial charge in [-0.1, -0.05) is 58.0 Å². The van der Waals surface area contributed by atoms with Gasteiger partial charge < -0.3 is 10.0 Å². The Kier molecular flexibility index (Phi) is 5.63. The third kappa shape index (κ3) is 3.70. The van der Waals surface area contributed by atoms with Gasteiger partial charge >= 0.3 is 0 Å². The van der Waals surface area contributed by atoms with Crippen LogP contribution in [-0.4, -0.2) is 26.7 Å². The van der Waals surface area contributed by atoms with E-state index in [4.69, 9.17) is 0 Å². The van der Waals surface area contributed by atoms with Crippen molar-refractivity contribution in [2.45, 2.75) is 46.2 Å². The van der Waals surface area contributed by atoms with Gasteiger partial charge in [-0.25, -0.2) is 0 Å². The summed E-state index contributed by atoms with van der Waals surface area (Å²) in [5.41, 5.74) is 2.86. The molecule has 1 aliphatic heterocycles. The highest BCUT2D eigenvalue weighted by molar-refractivity contribution is 6.09. The zero-order chi connectivity index (χ0) is 20.4. The lowest BCUT2D eigenvalue weighted by Crippen LogP contribution is -2.31. The first-order valence-corrected chi connectivity index (χ1v) is 9.59. The van der Waals surface area contributed by atoms with Crippen LogP contribution in [0.2, 0.25) is 0 Å². The molecular formula is C23H26N2O3. The van der Waals surface area contributed by atoms with Gasteiger partial charge in [0.1, 0.15) is 0 Å². The number of aliphatic hydroxyl groups is 1. The smallest absolute Gasteiger partial charge is 0.290 e. The SMILES string of the molecule is CC(C)C(=O)C1=C(O)C(=O)N(Cc2ccccn2)C1c1ccc(C(C)C)cc1. The molecular weight excluding hydrogens is 352 g/mol. The molecule has 0 fully saturated rings. The molecule has 3 rings (SSSR count). The molecule has 0 aliphatic carbocycles. The van der Waals surface area contributed by atoms with Crippen LogP contribution >= 0.6 is 0 Å². The van der Waals surface area contributed by atoms with Crippen LogP contribution < -0.4 is 0 Å². The van der Waals surface area contributed by atoms with Crippen molar-refractivity contribution in [2.75, 3.05) is 0 Å². The van der Waals surface area contributed by atoms with E-state index in [9.17, 15) is 14.7 Å². The minimum absolute atomic E-state index is 0.174. The highest BCUT2D eigenvalue weighted by atomic mass is 16.3. The van der Waals surface area contributed by atoms with Gasteiger partial charge in [0.05, 0.1) is 23.9 Å². The lowest BCUT2D eigenvalue weighted by Gasteiger charge is -2.27. The van der Waals surface area contributed by atoms with Gasteiger partial charge in [-0.15, -0.1) is 0 Å². The second kappa shape index (κ2) is 7.97. The predicted octanol–water partition coefficient (Wildman–Crippen LogP) is 4.33. The molecule has 2 aromatic rings. The fourth-order valence-corrected chi connectivity index (χ4v) is 3.46. The standard InChI is InChI=1S/C23H26N2O3/c1-14(2)16-8-10-17(11-9-16)20-19(21(26)15(3)4)22(27)23(28)25(20)13-18-7-5-6-12-24-18/h5-12,14-15,20,27H,13H2,1-4H3. The summed E-state index contributed by atoms with van der Waals surface area (Å²) in [5.74, 6) is -1.14. The van der Waals surface area contributed by atoms with Gasteiger partial charge in [0.2, 0.25) is 0 Å². The van der Waals surface area contributed by atoms with Crippen LogP contribution in [0.25, 0.3) is 0 Å². The number of Topliss-reactive ketones (excluding diaryl/α,β-unsaturated/α-hetero) is 1. The largest absolute Gasteiger partial charge is 0.503 e. The minimum Gasteiger partial charge on any atom is -0.503 e. The number of pyridine rings is 1. The third-order valence-corrected chi connectivity index (χ3v) is 5.07. The van der Waals surface area contributed by atoms with Crippen LogP contribution in [-0.2, 0) is 16.1 Å². The molecule has 1 aromatic heterocycles. The lowest BCUT2D eigenvalue weighted by molar-refractivity contribution is -0.130. The van der Waals surface area contributed by atoms with Crippen LogP contribution in [0.5, 0.6) is 0 Å². The van der Waals surface area contributed by atoms with Crippen molar-refractivity contribution in [3.63, 3.8) is 0 Å². The number of aliphatic hydroxyl groups excluding tert-OH is 1. The summed E-state index contributed by atoms with van der Waals surface area (Å²) in [4.78, 5) is 31.5. The number of rotatable bonds is 6. The van der Waals surface area contributed by atoms with E-state index in [1.165, 1.54) is 10.5 Å². The molecule has 5 heteroatoms. The summed E-state index contributed by atoms with van der Waals surface area (Å²) in [5, 5.41) is 10.5. The number of carbonyl (C=O) groups excluding carboxylic acids is 2. The molecule has 28 heavy (non-hydrogen) atoms. The molecule has 146 valence electrons. The molecule has 1 atom stereocenters. The van der Waals surface area contributed by atoms with Crippen LogP contribution in [0.3, 0.4) is 0 Å². The molecule has 0 spiro atoms. The van der Waals surface area contributed by atoms with E-state index in [-0.39, 0.29) is 23.8 Å². The van der Waals surface area contributed by atoms with Crippen molar-refractivity contribution in [1.29, 1.82) is 0 Å². The van der Waals surface area contributed by atoms with E-state index in [0.717, 1.165) is 5.56 Å². The van der Waals surface area contributed by atoms with E-state index in [2.05, 4.69) is 18.8 Å². The Morgan fingerprint density at radius 3 is 2.32 bits per heavy atom. The number of nitrogens with zero attached hydrogens (tertiary/aromatic N) is 2. The van der Waals surface area contributed by atoms with E-state index < -0.39 is 17.7 Å². The first kappa shape index (κ1) is 19.8. The summed E-state index contributed by atoms with van der Waals surface area (Å²) >= 11 is 0. The first-order chi connectivity index (χ1) is 13.3. The van der Waals surface area contributed by atoms with Crippen molar-refractivity contribution >= 4 is 11.7 Å². The summed E-state index contributed by atoms with van der Waals surface area (Å²) in [6.07, 6.45) is 1.66. The van der Waals surface area contributed by atoms with Crippen molar-refractivity contribution in [2.24, 2.45) is 5.92 Å². The first-order valence-electron chi connectivity index (χ1n) is 9.59. The molecule has 5 nitrogen and oxygen atoms in total. The Hall–Kier alpha value is -2.95. The second-order valence-corrected chi connectivity index (χ2v) is 7.76. The van der Waals surface area contributed by atoms with E-state index >= 15 is 0 Å². The molecule has 1 aromatic carbocycles. The Labute approximate surface area is 165 Å². The van der Waals surface area contributed by atoms with Crippen LogP contribution in [0.15, 0.2) is 60.0 Å². The fourth-order valence-electron chi connectivity index (χ4n) is 3.46. The average molecular weight is 378 g/mol. The maximum atomic E-state index is 12.8. The topological polar surface area (TPSA) is 70.5 Å². The lowest BCUT2D eigenvalue weighted by atomic mass is 9.90. The van der Waals surface area contributed by atoms with Gasteiger partial charge in [0.15, 0.2) is 11.5 Å². The molecule has 0 saturated carbocycles. The minimum atomic E-state index is -0.620. The van der Waals surface area contributed by atoms with Crippen molar-refractivity contribution in [3.05, 3.63) is 76.8 Å². The molecule has 0 radical (unpaired) electrons. The van der Waals surface area contributed by atoms with Gasteiger partial charge in [0, 0.05) is 12.1 Å². The Morgan fingerprint density at radius 2 is 1.79 bits per heavy atom. The fraction of sp³-hybridized carbons (Fsp3) is 0.348. The number of carbonyl (C=O) groups is 2. The van der Waals surface area contributed by atoms with E-state index in [1.54, 1.807) is 26.1 Å². The van der Waals surface area contributed by atoms with E-state index in [1.807, 2.05) is 36.4 Å². The van der Waals surface area contributed by atoms with Crippen LogP contribution in [0.1, 0.15) is 56.5 Å². The summed E-state index contributed by atoms with van der Waals surface area (Å²) in [6.45, 7) is 7.98. The maximum absolute atomic E-state index is 12.8. The van der Waals surface area contributed by atoms with Crippen molar-refractivity contribution in [1.82, 2.24) is 9.88 Å². The van der Waals surface area contributed by atoms with Gasteiger partial charge in [-0.3, -0.25) is 14.6 Å². The number of aromatic nitrogens is 1. The van der Waals surface area contributed by atoms with Crippen LogP contribution in [0.4, 0.5) is 0 Å². The molecule has 1 N–H and O–H groups in total. The van der Waals surface area contributed by atoms with E-state index in [0.29, 0.717) is 11.6 Å². The zero-order valence-corrected chi connectivity index (χ0v) is 16.7. The maximum Gasteiger partial charge on any atom is 0.290 e. The normalized spacial score (nSPS) is 17.1. The van der Waals surface area contributed by atoms with Crippen molar-refractivity contribution in [3.8, 4) is 0 Å². The van der Waals surface area contributed by atoms with Gasteiger partial charge in [0.25, 0.3) is 5.91 Å². The Morgan fingerprint density at radius 1 is 1.11 bits per heavy atom. The molecule has 1 unspecified atom stereocenters. The summed E-state index contributed by atoms with van der Waals surface area (Å²) in [6, 6.07) is 12.8. The molecule has 1 amide bonds.